The molecule has 108 valence electrons. The molecule has 19 heavy (non-hydrogen) atoms. The van der Waals surface area contributed by atoms with E-state index in [1.807, 2.05) is 0 Å². The second-order valence-corrected chi connectivity index (χ2v) is 5.78. The van der Waals surface area contributed by atoms with Crippen LogP contribution in [0.5, 0.6) is 0 Å². The van der Waals surface area contributed by atoms with Crippen LogP contribution in [-0.2, 0) is 6.54 Å². The standard InChI is InChI=1S/C14H25N3OS/c1-3-5-7-11(6-4-2)9-16-14(18)12-10-19-13(8-15)17-12/h10-11H,3-9,15H2,1-2H3,(H,16,18). The molecule has 1 rings (SSSR count). The first-order valence-corrected chi connectivity index (χ1v) is 8.01. The molecule has 0 saturated heterocycles. The van der Waals surface area contributed by atoms with Gasteiger partial charge in [0.25, 0.3) is 5.91 Å². The summed E-state index contributed by atoms with van der Waals surface area (Å²) in [6.45, 7) is 5.54. The molecular weight excluding hydrogens is 258 g/mol. The van der Waals surface area contributed by atoms with Gasteiger partial charge in [-0.3, -0.25) is 4.79 Å². The van der Waals surface area contributed by atoms with Gasteiger partial charge in [-0.15, -0.1) is 11.3 Å². The highest BCUT2D eigenvalue weighted by atomic mass is 32.1. The van der Waals surface area contributed by atoms with Gasteiger partial charge >= 0.3 is 0 Å². The van der Waals surface area contributed by atoms with Gasteiger partial charge in [-0.25, -0.2) is 4.98 Å². The Balaban J connectivity index is 2.41. The van der Waals surface area contributed by atoms with Crippen LogP contribution in [0, 0.1) is 5.92 Å². The van der Waals surface area contributed by atoms with Crippen molar-refractivity contribution in [2.75, 3.05) is 6.54 Å². The van der Waals surface area contributed by atoms with E-state index in [2.05, 4.69) is 24.1 Å². The van der Waals surface area contributed by atoms with E-state index in [1.165, 1.54) is 37.0 Å². The minimum atomic E-state index is -0.0754. The summed E-state index contributed by atoms with van der Waals surface area (Å²) in [4.78, 5) is 16.1. The zero-order valence-corrected chi connectivity index (χ0v) is 12.8. The Morgan fingerprint density at radius 3 is 2.79 bits per heavy atom. The normalized spacial score (nSPS) is 12.4. The molecule has 4 nitrogen and oxygen atoms in total. The van der Waals surface area contributed by atoms with Crippen LogP contribution in [0.25, 0.3) is 0 Å². The van der Waals surface area contributed by atoms with E-state index in [0.29, 0.717) is 18.2 Å². The fourth-order valence-electron chi connectivity index (χ4n) is 2.09. The Morgan fingerprint density at radius 2 is 2.21 bits per heavy atom. The van der Waals surface area contributed by atoms with Gasteiger partial charge in [-0.1, -0.05) is 33.1 Å². The number of nitrogens with two attached hydrogens (primary N) is 1. The minimum Gasteiger partial charge on any atom is -0.350 e. The summed E-state index contributed by atoms with van der Waals surface area (Å²) in [5.41, 5.74) is 5.99. The van der Waals surface area contributed by atoms with E-state index < -0.39 is 0 Å². The molecule has 0 fully saturated rings. The topological polar surface area (TPSA) is 68.0 Å². The maximum Gasteiger partial charge on any atom is 0.270 e. The number of hydrogen-bond donors (Lipinski definition) is 2. The third-order valence-corrected chi connectivity index (χ3v) is 4.04. The lowest BCUT2D eigenvalue weighted by molar-refractivity contribution is 0.0941. The summed E-state index contributed by atoms with van der Waals surface area (Å²) in [5, 5.41) is 5.58. The highest BCUT2D eigenvalue weighted by molar-refractivity contribution is 7.09. The Labute approximate surface area is 119 Å². The van der Waals surface area contributed by atoms with Crippen molar-refractivity contribution in [1.29, 1.82) is 0 Å². The molecule has 0 aliphatic rings. The first-order valence-electron chi connectivity index (χ1n) is 7.13. The van der Waals surface area contributed by atoms with Crippen LogP contribution in [0.15, 0.2) is 5.38 Å². The lowest BCUT2D eigenvalue weighted by atomic mass is 9.97. The predicted molar refractivity (Wildman–Crippen MR) is 80.3 cm³/mol. The van der Waals surface area contributed by atoms with E-state index in [0.717, 1.165) is 18.0 Å². The number of amides is 1. The maximum atomic E-state index is 11.9. The summed E-state index contributed by atoms with van der Waals surface area (Å²) < 4.78 is 0. The smallest absolute Gasteiger partial charge is 0.270 e. The van der Waals surface area contributed by atoms with Crippen LogP contribution in [0.1, 0.15) is 61.4 Å². The van der Waals surface area contributed by atoms with Crippen LogP contribution in [0.2, 0.25) is 0 Å². The number of unbranched alkanes of at least 4 members (excludes halogenated alkanes) is 1. The second kappa shape index (κ2) is 9.04. The summed E-state index contributed by atoms with van der Waals surface area (Å²) in [5.74, 6) is 0.509. The Bertz CT molecular complexity index is 379. The van der Waals surface area contributed by atoms with Crippen molar-refractivity contribution in [1.82, 2.24) is 10.3 Å². The van der Waals surface area contributed by atoms with Crippen molar-refractivity contribution in [3.05, 3.63) is 16.1 Å². The summed E-state index contributed by atoms with van der Waals surface area (Å²) >= 11 is 1.44. The molecule has 0 aliphatic carbocycles. The number of carbonyl (C=O) groups is 1. The van der Waals surface area contributed by atoms with Crippen LogP contribution in [-0.4, -0.2) is 17.4 Å². The zero-order chi connectivity index (χ0) is 14.1. The molecule has 0 spiro atoms. The molecule has 1 heterocycles. The van der Waals surface area contributed by atoms with Crippen LogP contribution >= 0.6 is 11.3 Å². The quantitative estimate of drug-likeness (QED) is 0.732. The Hall–Kier alpha value is -0.940. The van der Waals surface area contributed by atoms with Crippen molar-refractivity contribution in [3.8, 4) is 0 Å². The van der Waals surface area contributed by atoms with Crippen molar-refractivity contribution < 1.29 is 4.79 Å². The first kappa shape index (κ1) is 16.1. The van der Waals surface area contributed by atoms with Crippen molar-refractivity contribution >= 4 is 17.2 Å². The van der Waals surface area contributed by atoms with Gasteiger partial charge in [0.05, 0.1) is 0 Å². The number of carbonyl (C=O) groups excluding carboxylic acids is 1. The molecule has 1 atom stereocenters. The number of nitrogens with zero attached hydrogens (tertiary/aromatic N) is 1. The molecule has 0 saturated carbocycles. The van der Waals surface area contributed by atoms with Gasteiger partial charge in [0.1, 0.15) is 10.7 Å². The van der Waals surface area contributed by atoms with E-state index in [1.54, 1.807) is 5.38 Å². The molecule has 0 radical (unpaired) electrons. The van der Waals surface area contributed by atoms with Gasteiger partial charge < -0.3 is 11.1 Å². The molecule has 0 aliphatic heterocycles. The average molecular weight is 283 g/mol. The highest BCUT2D eigenvalue weighted by Crippen LogP contribution is 2.14. The summed E-state index contributed by atoms with van der Waals surface area (Å²) in [6, 6.07) is 0. The van der Waals surface area contributed by atoms with Crippen LogP contribution in [0.4, 0.5) is 0 Å². The molecule has 0 aromatic carbocycles. The maximum absolute atomic E-state index is 11.9. The molecule has 1 amide bonds. The van der Waals surface area contributed by atoms with Crippen molar-refractivity contribution in [2.45, 2.75) is 52.5 Å². The molecule has 1 aromatic rings. The third kappa shape index (κ3) is 5.70. The first-order chi connectivity index (χ1) is 9.21. The molecule has 3 N–H and O–H groups in total. The van der Waals surface area contributed by atoms with Crippen LogP contribution < -0.4 is 11.1 Å². The monoisotopic (exact) mass is 283 g/mol. The van der Waals surface area contributed by atoms with E-state index in [-0.39, 0.29) is 5.91 Å². The van der Waals surface area contributed by atoms with Crippen molar-refractivity contribution in [2.24, 2.45) is 11.7 Å². The van der Waals surface area contributed by atoms with E-state index in [9.17, 15) is 4.79 Å². The molecule has 1 unspecified atom stereocenters. The second-order valence-electron chi connectivity index (χ2n) is 4.84. The lowest BCUT2D eigenvalue weighted by Gasteiger charge is -2.16. The minimum absolute atomic E-state index is 0.0754. The number of hydrogen-bond acceptors (Lipinski definition) is 4. The predicted octanol–water partition coefficient (Wildman–Crippen LogP) is 2.94. The number of aromatic nitrogens is 1. The van der Waals surface area contributed by atoms with Gasteiger partial charge in [-0.05, 0) is 18.8 Å². The largest absolute Gasteiger partial charge is 0.350 e. The van der Waals surface area contributed by atoms with Crippen LogP contribution in [0.3, 0.4) is 0 Å². The number of rotatable bonds is 9. The zero-order valence-electron chi connectivity index (χ0n) is 11.9. The Kier molecular flexibility index (Phi) is 7.67. The number of nitrogens with one attached hydrogen (secondary N) is 1. The number of thiazole rings is 1. The van der Waals surface area contributed by atoms with Gasteiger partial charge in [0.2, 0.25) is 0 Å². The third-order valence-electron chi connectivity index (χ3n) is 3.17. The Morgan fingerprint density at radius 1 is 1.42 bits per heavy atom. The molecule has 0 bridgehead atoms. The lowest BCUT2D eigenvalue weighted by Crippen LogP contribution is -2.29. The molecule has 1 aromatic heterocycles. The fraction of sp³-hybridized carbons (Fsp3) is 0.714. The van der Waals surface area contributed by atoms with Gasteiger partial charge in [0.15, 0.2) is 0 Å². The van der Waals surface area contributed by atoms with E-state index >= 15 is 0 Å². The summed E-state index contributed by atoms with van der Waals surface area (Å²) in [7, 11) is 0. The van der Waals surface area contributed by atoms with Crippen molar-refractivity contribution in [3.63, 3.8) is 0 Å². The average Bonchev–Trinajstić information content (AvgIpc) is 2.90. The van der Waals surface area contributed by atoms with Gasteiger partial charge in [0, 0.05) is 18.5 Å². The molecular formula is C14H25N3OS. The van der Waals surface area contributed by atoms with E-state index in [4.69, 9.17) is 5.73 Å². The molecule has 5 heteroatoms. The summed E-state index contributed by atoms with van der Waals surface area (Å²) in [6.07, 6.45) is 5.97. The highest BCUT2D eigenvalue weighted by Gasteiger charge is 2.13. The van der Waals surface area contributed by atoms with Gasteiger partial charge in [-0.2, -0.15) is 0 Å². The fourth-order valence-corrected chi connectivity index (χ4v) is 2.74. The SMILES string of the molecule is CCCCC(CCC)CNC(=O)c1csc(CN)n1.